The van der Waals surface area contributed by atoms with E-state index in [4.69, 9.17) is 4.74 Å². The lowest BCUT2D eigenvalue weighted by molar-refractivity contribution is -0.384. The number of nitrogens with one attached hydrogen (secondary N) is 2. The third-order valence-electron chi connectivity index (χ3n) is 4.10. The third kappa shape index (κ3) is 8.31. The highest BCUT2D eigenvalue weighted by molar-refractivity contribution is 14.0. The summed E-state index contributed by atoms with van der Waals surface area (Å²) in [6, 6.07) is 6.51. The number of non-ortho nitro benzene ring substituents is 1. The number of nitrogens with zero attached hydrogens (tertiary/aromatic N) is 2. The molecule has 0 radical (unpaired) electrons. The van der Waals surface area contributed by atoms with Gasteiger partial charge in [0.1, 0.15) is 0 Å². The molecule has 0 aromatic heterocycles. The maximum atomic E-state index is 10.7. The van der Waals surface area contributed by atoms with Crippen LogP contribution >= 0.6 is 24.0 Å². The van der Waals surface area contributed by atoms with Crippen molar-refractivity contribution in [3.8, 4) is 0 Å². The predicted molar refractivity (Wildman–Crippen MR) is 114 cm³/mol. The molecular weight excluding hydrogens is 447 g/mol. The maximum absolute atomic E-state index is 10.7. The summed E-state index contributed by atoms with van der Waals surface area (Å²) in [6.07, 6.45) is 3.51. The highest BCUT2D eigenvalue weighted by Gasteiger charge is 2.15. The number of hydrogen-bond donors (Lipinski definition) is 2. The molecule has 1 fully saturated rings. The van der Waals surface area contributed by atoms with Gasteiger partial charge in [0, 0.05) is 31.8 Å². The van der Waals surface area contributed by atoms with Gasteiger partial charge in [0.25, 0.3) is 5.69 Å². The molecule has 1 aliphatic heterocycles. The van der Waals surface area contributed by atoms with Crippen molar-refractivity contribution in [2.45, 2.75) is 45.8 Å². The average Bonchev–Trinajstić information content (AvgIpc) is 3.10. The molecule has 146 valence electrons. The third-order valence-corrected chi connectivity index (χ3v) is 4.10. The Morgan fingerprint density at radius 1 is 1.35 bits per heavy atom. The van der Waals surface area contributed by atoms with E-state index in [-0.39, 0.29) is 35.8 Å². The fraction of sp³-hybridized carbons (Fsp3) is 0.611. The Hall–Kier alpha value is -1.42. The van der Waals surface area contributed by atoms with Crippen molar-refractivity contribution in [3.05, 3.63) is 39.9 Å². The minimum absolute atomic E-state index is 0. The summed E-state index contributed by atoms with van der Waals surface area (Å²) in [5.41, 5.74) is 1.03. The Kier molecular flexibility index (Phi) is 10.5. The van der Waals surface area contributed by atoms with Crippen molar-refractivity contribution in [1.29, 1.82) is 0 Å². The molecule has 0 spiro atoms. The topological polar surface area (TPSA) is 88.8 Å². The van der Waals surface area contributed by atoms with Crippen LogP contribution in [0, 0.1) is 16.0 Å². The molecular formula is C18H29IN4O3. The van der Waals surface area contributed by atoms with E-state index in [1.54, 1.807) is 12.1 Å². The largest absolute Gasteiger partial charge is 0.376 e. The van der Waals surface area contributed by atoms with Crippen molar-refractivity contribution in [2.24, 2.45) is 10.9 Å². The Morgan fingerprint density at radius 2 is 2.08 bits per heavy atom. The molecule has 1 atom stereocenters. The number of benzene rings is 1. The van der Waals surface area contributed by atoms with Crippen LogP contribution in [0.1, 0.15) is 38.7 Å². The fourth-order valence-corrected chi connectivity index (χ4v) is 2.56. The normalized spacial score (nSPS) is 17.0. The molecule has 1 aliphatic rings. The van der Waals surface area contributed by atoms with Crippen molar-refractivity contribution >= 4 is 35.6 Å². The molecule has 1 unspecified atom stereocenters. The second kappa shape index (κ2) is 12.1. The van der Waals surface area contributed by atoms with E-state index in [0.717, 1.165) is 50.5 Å². The molecule has 1 saturated heterocycles. The van der Waals surface area contributed by atoms with Crippen LogP contribution < -0.4 is 10.6 Å². The van der Waals surface area contributed by atoms with Crippen LogP contribution in [0.25, 0.3) is 0 Å². The van der Waals surface area contributed by atoms with Crippen LogP contribution in [0.15, 0.2) is 29.3 Å². The molecule has 0 amide bonds. The van der Waals surface area contributed by atoms with Gasteiger partial charge in [0.15, 0.2) is 5.96 Å². The predicted octanol–water partition coefficient (Wildman–Crippen LogP) is 3.47. The Balaban J connectivity index is 0.00000338. The first-order valence-electron chi connectivity index (χ1n) is 8.91. The van der Waals surface area contributed by atoms with Crippen molar-refractivity contribution in [1.82, 2.24) is 10.6 Å². The minimum Gasteiger partial charge on any atom is -0.376 e. The molecule has 7 nitrogen and oxygen atoms in total. The van der Waals surface area contributed by atoms with Gasteiger partial charge in [-0.15, -0.1) is 24.0 Å². The van der Waals surface area contributed by atoms with Crippen LogP contribution in [0.5, 0.6) is 0 Å². The SMILES string of the molecule is CC(C)CCNC(=NCc1ccc([N+](=O)[O-])cc1)NCC1CCCO1.I. The number of nitro groups is 1. The zero-order valence-electron chi connectivity index (χ0n) is 15.4. The van der Waals surface area contributed by atoms with Gasteiger partial charge in [0.05, 0.1) is 17.6 Å². The van der Waals surface area contributed by atoms with Gasteiger partial charge in [-0.05, 0) is 30.7 Å². The molecule has 0 aliphatic carbocycles. The van der Waals surface area contributed by atoms with Gasteiger partial charge < -0.3 is 15.4 Å². The molecule has 0 bridgehead atoms. The van der Waals surface area contributed by atoms with Gasteiger partial charge in [0.2, 0.25) is 0 Å². The number of nitro benzene ring substituents is 1. The van der Waals surface area contributed by atoms with E-state index in [1.807, 2.05) is 0 Å². The minimum atomic E-state index is -0.394. The lowest BCUT2D eigenvalue weighted by Gasteiger charge is -2.16. The first-order valence-corrected chi connectivity index (χ1v) is 8.91. The van der Waals surface area contributed by atoms with E-state index in [1.165, 1.54) is 12.1 Å². The molecule has 0 saturated carbocycles. The summed E-state index contributed by atoms with van der Waals surface area (Å²) in [5.74, 6) is 1.39. The van der Waals surface area contributed by atoms with Gasteiger partial charge >= 0.3 is 0 Å². The van der Waals surface area contributed by atoms with Crippen LogP contribution in [-0.4, -0.2) is 36.7 Å². The smallest absolute Gasteiger partial charge is 0.269 e. The number of guanidine groups is 1. The number of ether oxygens (including phenoxy) is 1. The zero-order valence-corrected chi connectivity index (χ0v) is 17.8. The quantitative estimate of drug-likeness (QED) is 0.197. The molecule has 1 aromatic carbocycles. The summed E-state index contributed by atoms with van der Waals surface area (Å²) in [7, 11) is 0. The van der Waals surface area contributed by atoms with Gasteiger partial charge in [-0.3, -0.25) is 10.1 Å². The summed E-state index contributed by atoms with van der Waals surface area (Å²) in [5, 5.41) is 17.4. The Labute approximate surface area is 172 Å². The highest BCUT2D eigenvalue weighted by atomic mass is 127. The van der Waals surface area contributed by atoms with Crippen molar-refractivity contribution in [2.75, 3.05) is 19.7 Å². The van der Waals surface area contributed by atoms with E-state index >= 15 is 0 Å². The average molecular weight is 476 g/mol. The Morgan fingerprint density at radius 3 is 2.65 bits per heavy atom. The molecule has 1 aromatic rings. The van der Waals surface area contributed by atoms with Crippen LogP contribution in [0.4, 0.5) is 5.69 Å². The number of halogens is 1. The second-order valence-corrected chi connectivity index (χ2v) is 6.71. The first kappa shape index (κ1) is 22.6. The first-order chi connectivity index (χ1) is 12.0. The summed E-state index contributed by atoms with van der Waals surface area (Å²) < 4.78 is 5.64. The maximum Gasteiger partial charge on any atom is 0.269 e. The summed E-state index contributed by atoms with van der Waals surface area (Å²) in [4.78, 5) is 14.9. The van der Waals surface area contributed by atoms with Crippen LogP contribution in [-0.2, 0) is 11.3 Å². The summed E-state index contributed by atoms with van der Waals surface area (Å²) in [6.45, 7) is 7.29. The molecule has 26 heavy (non-hydrogen) atoms. The molecule has 8 heteroatoms. The van der Waals surface area contributed by atoms with E-state index in [2.05, 4.69) is 29.5 Å². The van der Waals surface area contributed by atoms with Crippen LogP contribution in [0.2, 0.25) is 0 Å². The van der Waals surface area contributed by atoms with Crippen molar-refractivity contribution < 1.29 is 9.66 Å². The lowest BCUT2D eigenvalue weighted by atomic mass is 10.1. The molecule has 2 N–H and O–H groups in total. The highest BCUT2D eigenvalue weighted by Crippen LogP contribution is 2.13. The summed E-state index contributed by atoms with van der Waals surface area (Å²) >= 11 is 0. The number of rotatable bonds is 8. The fourth-order valence-electron chi connectivity index (χ4n) is 2.56. The standard InChI is InChI=1S/C18H28N4O3.HI/c1-14(2)9-10-19-18(21-13-17-4-3-11-25-17)20-12-15-5-7-16(8-6-15)22(23)24;/h5-8,14,17H,3-4,9-13H2,1-2H3,(H2,19,20,21);1H. The Bertz CT molecular complexity index is 572. The molecule has 1 heterocycles. The van der Waals surface area contributed by atoms with Gasteiger partial charge in [-0.1, -0.05) is 26.0 Å². The van der Waals surface area contributed by atoms with Gasteiger partial charge in [-0.25, -0.2) is 4.99 Å². The van der Waals surface area contributed by atoms with Crippen LogP contribution in [0.3, 0.4) is 0 Å². The lowest BCUT2D eigenvalue weighted by Crippen LogP contribution is -2.41. The van der Waals surface area contributed by atoms with E-state index in [9.17, 15) is 10.1 Å². The van der Waals surface area contributed by atoms with Crippen molar-refractivity contribution in [3.63, 3.8) is 0 Å². The van der Waals surface area contributed by atoms with E-state index in [0.29, 0.717) is 12.5 Å². The monoisotopic (exact) mass is 476 g/mol. The van der Waals surface area contributed by atoms with Gasteiger partial charge in [-0.2, -0.15) is 0 Å². The number of hydrogen-bond acceptors (Lipinski definition) is 4. The molecule has 2 rings (SSSR count). The van der Waals surface area contributed by atoms with E-state index < -0.39 is 4.92 Å². The number of aliphatic imine (C=N–C) groups is 1. The second-order valence-electron chi connectivity index (χ2n) is 6.71. The zero-order chi connectivity index (χ0) is 18.1.